The molecule has 18 heavy (non-hydrogen) atoms. The van der Waals surface area contributed by atoms with Gasteiger partial charge in [0.1, 0.15) is 16.3 Å². The molecule has 0 N–H and O–H groups in total. The number of halogens is 1. The molecule has 0 atom stereocenters. The van der Waals surface area contributed by atoms with Gasteiger partial charge in [0.15, 0.2) is 11.5 Å². The third kappa shape index (κ3) is 1.89. The van der Waals surface area contributed by atoms with Gasteiger partial charge < -0.3 is 9.26 Å². The number of nitrogens with zero attached hydrogens (tertiary/aromatic N) is 2. The first kappa shape index (κ1) is 12.7. The maximum atomic E-state index is 8.86. The maximum Gasteiger partial charge on any atom is 0.198 e. The van der Waals surface area contributed by atoms with Crippen molar-refractivity contribution in [2.24, 2.45) is 0 Å². The number of methoxy groups -OCH3 is 1. The molecular weight excluding hydrogens is 296 g/mol. The zero-order valence-corrected chi connectivity index (χ0v) is 11.8. The van der Waals surface area contributed by atoms with E-state index in [0.717, 1.165) is 22.4 Å². The minimum Gasteiger partial charge on any atom is -0.496 e. The van der Waals surface area contributed by atoms with Crippen LogP contribution in [0.2, 0.25) is 0 Å². The van der Waals surface area contributed by atoms with E-state index in [1.165, 1.54) is 0 Å². The summed E-state index contributed by atoms with van der Waals surface area (Å²) >= 11 is 3.33. The lowest BCUT2D eigenvalue weighted by atomic mass is 10.0. The summed E-state index contributed by atoms with van der Waals surface area (Å²) in [5.41, 5.74) is 3.22. The number of hydrogen-bond donors (Lipinski definition) is 0. The van der Waals surface area contributed by atoms with Gasteiger partial charge in [-0.3, -0.25) is 0 Å². The van der Waals surface area contributed by atoms with Crippen LogP contribution in [0.3, 0.4) is 0 Å². The van der Waals surface area contributed by atoms with E-state index in [1.807, 2.05) is 32.0 Å². The van der Waals surface area contributed by atoms with Gasteiger partial charge in [0.25, 0.3) is 0 Å². The van der Waals surface area contributed by atoms with E-state index >= 15 is 0 Å². The van der Waals surface area contributed by atoms with Gasteiger partial charge in [-0.1, -0.05) is 5.16 Å². The molecule has 0 bridgehead atoms. The number of aromatic nitrogens is 1. The van der Waals surface area contributed by atoms with E-state index in [2.05, 4.69) is 21.1 Å². The predicted octanol–water partition coefficient (Wildman–Crippen LogP) is 3.60. The molecule has 0 radical (unpaired) electrons. The lowest BCUT2D eigenvalue weighted by Crippen LogP contribution is -1.92. The Bertz CT molecular complexity index is 641. The molecule has 2 aromatic rings. The predicted molar refractivity (Wildman–Crippen MR) is 70.4 cm³/mol. The zero-order chi connectivity index (χ0) is 13.3. The fraction of sp³-hybridized carbons (Fsp3) is 0.231. The van der Waals surface area contributed by atoms with Crippen LogP contribution in [-0.4, -0.2) is 12.3 Å². The summed E-state index contributed by atoms with van der Waals surface area (Å²) in [4.78, 5) is 0. The Morgan fingerprint density at radius 3 is 2.61 bits per heavy atom. The quantitative estimate of drug-likeness (QED) is 0.850. The minimum atomic E-state index is 0.248. The summed E-state index contributed by atoms with van der Waals surface area (Å²) in [7, 11) is 1.64. The van der Waals surface area contributed by atoms with E-state index < -0.39 is 0 Å². The molecule has 0 spiro atoms. The average molecular weight is 307 g/mol. The second-order valence-electron chi connectivity index (χ2n) is 3.85. The summed E-state index contributed by atoms with van der Waals surface area (Å²) in [6.45, 7) is 3.96. The van der Waals surface area contributed by atoms with Crippen LogP contribution in [0, 0.1) is 25.2 Å². The Kier molecular flexibility index (Phi) is 3.39. The number of nitriles is 1. The third-order valence-electron chi connectivity index (χ3n) is 2.94. The van der Waals surface area contributed by atoms with Crippen LogP contribution in [0.4, 0.5) is 0 Å². The van der Waals surface area contributed by atoms with E-state index in [-0.39, 0.29) is 5.69 Å². The average Bonchev–Trinajstić information content (AvgIpc) is 2.74. The molecule has 0 saturated heterocycles. The molecule has 0 aliphatic carbocycles. The van der Waals surface area contributed by atoms with Crippen molar-refractivity contribution in [3.63, 3.8) is 0 Å². The van der Waals surface area contributed by atoms with E-state index in [1.54, 1.807) is 7.11 Å². The monoisotopic (exact) mass is 306 g/mol. The molecule has 1 aromatic heterocycles. The van der Waals surface area contributed by atoms with Crippen LogP contribution in [-0.2, 0) is 0 Å². The van der Waals surface area contributed by atoms with Gasteiger partial charge in [0, 0.05) is 5.56 Å². The van der Waals surface area contributed by atoms with Crippen molar-refractivity contribution in [1.82, 2.24) is 5.16 Å². The molecule has 2 rings (SSSR count). The molecule has 0 unspecified atom stereocenters. The van der Waals surface area contributed by atoms with E-state index in [0.29, 0.717) is 10.2 Å². The fourth-order valence-corrected chi connectivity index (χ4v) is 2.23. The first-order valence-corrected chi connectivity index (χ1v) is 6.09. The van der Waals surface area contributed by atoms with E-state index in [4.69, 9.17) is 14.5 Å². The molecule has 0 aliphatic heterocycles. The molecule has 1 aromatic carbocycles. The molecule has 0 amide bonds. The molecule has 0 aliphatic rings. The largest absolute Gasteiger partial charge is 0.496 e. The first-order valence-electron chi connectivity index (χ1n) is 5.30. The van der Waals surface area contributed by atoms with Crippen molar-refractivity contribution in [3.8, 4) is 23.1 Å². The number of hydrogen-bond acceptors (Lipinski definition) is 4. The molecule has 92 valence electrons. The van der Waals surface area contributed by atoms with Gasteiger partial charge in [-0.05, 0) is 53.0 Å². The molecule has 1 heterocycles. The number of ether oxygens (including phenoxy) is 1. The number of rotatable bonds is 2. The summed E-state index contributed by atoms with van der Waals surface area (Å²) in [6, 6.07) is 5.74. The lowest BCUT2D eigenvalue weighted by molar-refractivity contribution is 0.410. The summed E-state index contributed by atoms with van der Waals surface area (Å²) in [5, 5.41) is 12.6. The van der Waals surface area contributed by atoms with Gasteiger partial charge in [-0.2, -0.15) is 5.26 Å². The Morgan fingerprint density at radius 1 is 1.33 bits per heavy atom. The van der Waals surface area contributed by atoms with Gasteiger partial charge in [-0.15, -0.1) is 0 Å². The summed E-state index contributed by atoms with van der Waals surface area (Å²) in [5.74, 6) is 1.39. The SMILES string of the molecule is COc1ccc(-c2onc(C#N)c2Br)c(C)c1C. The molecule has 0 saturated carbocycles. The van der Waals surface area contributed by atoms with Crippen LogP contribution < -0.4 is 4.74 Å². The van der Waals surface area contributed by atoms with E-state index in [9.17, 15) is 0 Å². The number of benzene rings is 1. The Hall–Kier alpha value is -1.80. The lowest BCUT2D eigenvalue weighted by Gasteiger charge is -2.10. The Balaban J connectivity index is 2.62. The molecule has 5 heteroatoms. The van der Waals surface area contributed by atoms with Crippen molar-refractivity contribution in [2.75, 3.05) is 7.11 Å². The Labute approximate surface area is 113 Å². The molecular formula is C13H11BrN2O2. The van der Waals surface area contributed by atoms with Crippen LogP contribution in [0.15, 0.2) is 21.1 Å². The zero-order valence-electron chi connectivity index (χ0n) is 10.2. The molecule has 4 nitrogen and oxygen atoms in total. The van der Waals surface area contributed by atoms with Crippen molar-refractivity contribution in [3.05, 3.63) is 33.4 Å². The topological polar surface area (TPSA) is 59.1 Å². The van der Waals surface area contributed by atoms with Gasteiger partial charge in [-0.25, -0.2) is 0 Å². The highest BCUT2D eigenvalue weighted by atomic mass is 79.9. The fourth-order valence-electron chi connectivity index (χ4n) is 1.78. The van der Waals surface area contributed by atoms with Crippen LogP contribution >= 0.6 is 15.9 Å². The second kappa shape index (κ2) is 4.83. The van der Waals surface area contributed by atoms with Gasteiger partial charge >= 0.3 is 0 Å². The molecule has 0 fully saturated rings. The minimum absolute atomic E-state index is 0.248. The highest BCUT2D eigenvalue weighted by Gasteiger charge is 2.18. The Morgan fingerprint density at radius 2 is 2.06 bits per heavy atom. The van der Waals surface area contributed by atoms with Crippen LogP contribution in [0.5, 0.6) is 5.75 Å². The summed E-state index contributed by atoms with van der Waals surface area (Å²) < 4.78 is 11.1. The van der Waals surface area contributed by atoms with Crippen molar-refractivity contribution in [2.45, 2.75) is 13.8 Å². The van der Waals surface area contributed by atoms with Crippen molar-refractivity contribution < 1.29 is 9.26 Å². The van der Waals surface area contributed by atoms with Gasteiger partial charge in [0.05, 0.1) is 7.11 Å². The standard InChI is InChI=1S/C13H11BrN2O2/c1-7-8(2)11(17-3)5-4-9(7)13-12(14)10(6-15)16-18-13/h4-5H,1-3H3. The maximum absolute atomic E-state index is 8.86. The highest BCUT2D eigenvalue weighted by Crippen LogP contribution is 2.36. The van der Waals surface area contributed by atoms with Crippen LogP contribution in [0.1, 0.15) is 16.8 Å². The smallest absolute Gasteiger partial charge is 0.198 e. The van der Waals surface area contributed by atoms with Crippen LogP contribution in [0.25, 0.3) is 11.3 Å². The third-order valence-corrected chi connectivity index (χ3v) is 3.68. The second-order valence-corrected chi connectivity index (χ2v) is 4.64. The van der Waals surface area contributed by atoms with Crippen molar-refractivity contribution >= 4 is 15.9 Å². The highest BCUT2D eigenvalue weighted by molar-refractivity contribution is 9.10. The summed E-state index contributed by atoms with van der Waals surface area (Å²) in [6.07, 6.45) is 0. The van der Waals surface area contributed by atoms with Gasteiger partial charge in [0.2, 0.25) is 0 Å². The normalized spacial score (nSPS) is 10.2. The first-order chi connectivity index (χ1) is 8.60. The van der Waals surface area contributed by atoms with Crippen molar-refractivity contribution in [1.29, 1.82) is 5.26 Å².